The van der Waals surface area contributed by atoms with E-state index in [1.54, 1.807) is 55.8 Å². The van der Waals surface area contributed by atoms with Gasteiger partial charge in [0.1, 0.15) is 5.75 Å². The number of para-hydroxylation sites is 1. The molecule has 31 heavy (non-hydrogen) atoms. The van der Waals surface area contributed by atoms with Gasteiger partial charge in [-0.25, -0.2) is 4.98 Å². The van der Waals surface area contributed by atoms with E-state index in [1.807, 2.05) is 30.3 Å². The molecule has 2 heterocycles. The predicted octanol–water partition coefficient (Wildman–Crippen LogP) is 4.86. The van der Waals surface area contributed by atoms with Crippen LogP contribution in [0, 0.1) is 0 Å². The Bertz CT molecular complexity index is 1470. The molecular weight excluding hydrogens is 410 g/mol. The lowest BCUT2D eigenvalue weighted by molar-refractivity contribution is 0.102. The number of ether oxygens (including phenoxy) is 1. The van der Waals surface area contributed by atoms with Gasteiger partial charge in [0.15, 0.2) is 5.13 Å². The summed E-state index contributed by atoms with van der Waals surface area (Å²) >= 11 is 1.41. The van der Waals surface area contributed by atoms with E-state index in [0.29, 0.717) is 32.9 Å². The zero-order valence-electron chi connectivity index (χ0n) is 16.5. The fraction of sp³-hybridized carbons (Fsp3) is 0.0417. The fourth-order valence-electron chi connectivity index (χ4n) is 3.51. The number of nitrogens with zero attached hydrogens (tertiary/aromatic N) is 2. The summed E-state index contributed by atoms with van der Waals surface area (Å²) in [5.41, 5.74) is 1.62. The average molecular weight is 427 g/mol. The molecule has 0 saturated heterocycles. The Hall–Kier alpha value is -3.97. The summed E-state index contributed by atoms with van der Waals surface area (Å²) < 4.78 is 7.75. The van der Waals surface area contributed by atoms with Gasteiger partial charge in [0.25, 0.3) is 11.5 Å². The van der Waals surface area contributed by atoms with E-state index >= 15 is 0 Å². The molecule has 1 N–H and O–H groups in total. The van der Waals surface area contributed by atoms with Crippen LogP contribution in [0.4, 0.5) is 5.13 Å². The third-order valence-corrected chi connectivity index (χ3v) is 5.97. The summed E-state index contributed by atoms with van der Waals surface area (Å²) in [7, 11) is 1.57. The quantitative estimate of drug-likeness (QED) is 0.445. The Morgan fingerprint density at radius 1 is 1.00 bits per heavy atom. The molecule has 0 spiro atoms. The maximum absolute atomic E-state index is 13.2. The maximum Gasteiger partial charge on any atom is 0.262 e. The molecule has 0 fully saturated rings. The van der Waals surface area contributed by atoms with Crippen molar-refractivity contribution in [1.29, 1.82) is 0 Å². The van der Waals surface area contributed by atoms with E-state index < -0.39 is 0 Å². The number of nitrogens with one attached hydrogen (secondary N) is 1. The highest BCUT2D eigenvalue weighted by molar-refractivity contribution is 7.22. The van der Waals surface area contributed by atoms with E-state index in [9.17, 15) is 9.59 Å². The molecule has 6 nitrogen and oxygen atoms in total. The zero-order valence-corrected chi connectivity index (χ0v) is 17.3. The third kappa shape index (κ3) is 3.45. The number of rotatable bonds is 4. The lowest BCUT2D eigenvalue weighted by atomic mass is 10.1. The van der Waals surface area contributed by atoms with E-state index in [1.165, 1.54) is 15.9 Å². The van der Waals surface area contributed by atoms with Crippen LogP contribution >= 0.6 is 11.3 Å². The minimum atomic E-state index is -0.327. The molecule has 1 amide bonds. The number of anilines is 1. The van der Waals surface area contributed by atoms with Crippen LogP contribution in [0.2, 0.25) is 0 Å². The van der Waals surface area contributed by atoms with Crippen molar-refractivity contribution < 1.29 is 9.53 Å². The highest BCUT2D eigenvalue weighted by atomic mass is 32.1. The molecule has 0 bridgehead atoms. The number of carbonyl (C=O) groups excluding carboxylic acids is 1. The number of aromatic nitrogens is 2. The molecule has 0 aliphatic heterocycles. The molecule has 7 heteroatoms. The van der Waals surface area contributed by atoms with E-state index in [2.05, 4.69) is 10.3 Å². The monoisotopic (exact) mass is 427 g/mol. The molecule has 0 aliphatic rings. The number of hydrogen-bond donors (Lipinski definition) is 1. The summed E-state index contributed by atoms with van der Waals surface area (Å²) in [5.74, 6) is 0.296. The molecule has 2 aromatic heterocycles. The fourth-order valence-corrected chi connectivity index (χ4v) is 4.38. The van der Waals surface area contributed by atoms with Gasteiger partial charge in [-0.1, -0.05) is 47.7 Å². The standard InChI is InChI=1S/C24H17N3O3S/c1-30-16-8-6-7-15(13-16)27-14-19(17-9-2-3-10-18(17)23(27)29)22(28)26-24-25-20-11-4-5-12-21(20)31-24/h2-14H,1H3,(H,25,26,28). The van der Waals surface area contributed by atoms with Crippen LogP contribution in [0.5, 0.6) is 5.75 Å². The van der Waals surface area contributed by atoms with Gasteiger partial charge in [0.05, 0.1) is 28.6 Å². The number of methoxy groups -OCH3 is 1. The van der Waals surface area contributed by atoms with Crippen molar-refractivity contribution in [3.8, 4) is 11.4 Å². The van der Waals surface area contributed by atoms with Gasteiger partial charge in [-0.05, 0) is 30.3 Å². The van der Waals surface area contributed by atoms with E-state index in [4.69, 9.17) is 4.74 Å². The number of fused-ring (bicyclic) bond motifs is 2. The molecule has 5 rings (SSSR count). The van der Waals surface area contributed by atoms with Crippen LogP contribution in [0.25, 0.3) is 26.7 Å². The van der Waals surface area contributed by atoms with E-state index in [0.717, 1.165) is 10.2 Å². The second-order valence-electron chi connectivity index (χ2n) is 6.91. The van der Waals surface area contributed by atoms with Crippen molar-refractivity contribution in [3.63, 3.8) is 0 Å². The number of pyridine rings is 1. The minimum Gasteiger partial charge on any atom is -0.497 e. The Balaban J connectivity index is 1.64. The van der Waals surface area contributed by atoms with Crippen molar-refractivity contribution in [2.45, 2.75) is 0 Å². The Morgan fingerprint density at radius 3 is 2.58 bits per heavy atom. The Morgan fingerprint density at radius 2 is 1.77 bits per heavy atom. The smallest absolute Gasteiger partial charge is 0.262 e. The summed E-state index contributed by atoms with van der Waals surface area (Å²) in [4.78, 5) is 30.9. The maximum atomic E-state index is 13.2. The first-order valence-electron chi connectivity index (χ1n) is 9.60. The molecular formula is C24H17N3O3S. The summed E-state index contributed by atoms with van der Waals surface area (Å²) in [5, 5.41) is 4.45. The average Bonchev–Trinajstić information content (AvgIpc) is 3.21. The molecule has 0 radical (unpaired) electrons. The van der Waals surface area contributed by atoms with Crippen LogP contribution < -0.4 is 15.6 Å². The Labute approximate surface area is 181 Å². The van der Waals surface area contributed by atoms with Crippen molar-refractivity contribution in [2.75, 3.05) is 12.4 Å². The zero-order chi connectivity index (χ0) is 21.4. The molecule has 0 atom stereocenters. The predicted molar refractivity (Wildman–Crippen MR) is 124 cm³/mol. The lowest BCUT2D eigenvalue weighted by Crippen LogP contribution is -2.22. The number of amides is 1. The summed E-state index contributed by atoms with van der Waals surface area (Å²) in [6.07, 6.45) is 1.57. The third-order valence-electron chi connectivity index (χ3n) is 5.02. The molecule has 0 saturated carbocycles. The molecule has 0 aliphatic carbocycles. The highest BCUT2D eigenvalue weighted by Crippen LogP contribution is 2.27. The molecule has 0 unspecified atom stereocenters. The van der Waals surface area contributed by atoms with Crippen LogP contribution in [-0.2, 0) is 0 Å². The molecule has 5 aromatic rings. The van der Waals surface area contributed by atoms with Crippen molar-refractivity contribution in [2.24, 2.45) is 0 Å². The molecule has 152 valence electrons. The number of carbonyl (C=O) groups is 1. The second kappa shape index (κ2) is 7.70. The largest absolute Gasteiger partial charge is 0.497 e. The highest BCUT2D eigenvalue weighted by Gasteiger charge is 2.17. The van der Waals surface area contributed by atoms with Crippen molar-refractivity contribution in [1.82, 2.24) is 9.55 Å². The van der Waals surface area contributed by atoms with Gasteiger partial charge in [-0.3, -0.25) is 19.5 Å². The normalized spacial score (nSPS) is 11.0. The summed E-state index contributed by atoms with van der Waals surface area (Å²) in [6.45, 7) is 0. The number of benzene rings is 3. The first-order valence-corrected chi connectivity index (χ1v) is 10.4. The second-order valence-corrected chi connectivity index (χ2v) is 7.94. The Kier molecular flexibility index (Phi) is 4.72. The van der Waals surface area contributed by atoms with Gasteiger partial charge < -0.3 is 4.74 Å². The minimum absolute atomic E-state index is 0.208. The van der Waals surface area contributed by atoms with E-state index in [-0.39, 0.29) is 11.5 Å². The van der Waals surface area contributed by atoms with Gasteiger partial charge in [-0.2, -0.15) is 0 Å². The number of thiazole rings is 1. The molecule has 3 aromatic carbocycles. The van der Waals surface area contributed by atoms with Crippen LogP contribution in [0.3, 0.4) is 0 Å². The lowest BCUT2D eigenvalue weighted by Gasteiger charge is -2.13. The first-order chi connectivity index (χ1) is 15.1. The van der Waals surface area contributed by atoms with Crippen LogP contribution in [0.1, 0.15) is 10.4 Å². The van der Waals surface area contributed by atoms with Gasteiger partial charge >= 0.3 is 0 Å². The van der Waals surface area contributed by atoms with Gasteiger partial charge in [-0.15, -0.1) is 0 Å². The van der Waals surface area contributed by atoms with Crippen molar-refractivity contribution >= 4 is 43.4 Å². The van der Waals surface area contributed by atoms with Gasteiger partial charge in [0, 0.05) is 23.0 Å². The SMILES string of the molecule is COc1cccc(-n2cc(C(=O)Nc3nc4ccccc4s3)c3ccccc3c2=O)c1. The van der Waals surface area contributed by atoms with Crippen LogP contribution in [-0.4, -0.2) is 22.6 Å². The number of hydrogen-bond acceptors (Lipinski definition) is 5. The first kappa shape index (κ1) is 19.0. The summed E-state index contributed by atoms with van der Waals surface area (Å²) in [6, 6.07) is 22.0. The topological polar surface area (TPSA) is 73.2 Å². The van der Waals surface area contributed by atoms with Gasteiger partial charge in [0.2, 0.25) is 0 Å². The van der Waals surface area contributed by atoms with Crippen LogP contribution in [0.15, 0.2) is 83.8 Å². The van der Waals surface area contributed by atoms with Crippen molar-refractivity contribution in [3.05, 3.63) is 94.9 Å².